The van der Waals surface area contributed by atoms with Crippen molar-refractivity contribution in [1.29, 1.82) is 0 Å². The van der Waals surface area contributed by atoms with Crippen molar-refractivity contribution < 1.29 is 0 Å². The molecule has 1 aromatic heterocycles. The highest BCUT2D eigenvalue weighted by Gasteiger charge is 2.09. The highest BCUT2D eigenvalue weighted by atomic mass is 79.9. The van der Waals surface area contributed by atoms with Crippen molar-refractivity contribution in [1.82, 2.24) is 4.98 Å². The Hall–Kier alpha value is -1.17. The number of benzene rings is 1. The number of hydrogen-bond donors (Lipinski definition) is 3. The molecule has 1 heterocycles. The molecule has 18 heavy (non-hydrogen) atoms. The van der Waals surface area contributed by atoms with E-state index in [1.807, 2.05) is 0 Å². The highest BCUT2D eigenvalue weighted by molar-refractivity contribution is 9.10. The van der Waals surface area contributed by atoms with Crippen molar-refractivity contribution in [3.8, 4) is 0 Å². The number of rotatable bonds is 2. The molecule has 0 bridgehead atoms. The Labute approximate surface area is 122 Å². The molecule has 0 saturated carbocycles. The van der Waals surface area contributed by atoms with Crippen LogP contribution in [-0.4, -0.2) is 4.98 Å². The number of nitrogens with two attached hydrogens (primary N) is 2. The Morgan fingerprint density at radius 2 is 1.78 bits per heavy atom. The summed E-state index contributed by atoms with van der Waals surface area (Å²) in [7, 11) is 0. The lowest BCUT2D eigenvalue weighted by molar-refractivity contribution is 1.32. The van der Waals surface area contributed by atoms with Crippen molar-refractivity contribution in [3.05, 3.63) is 38.8 Å². The Morgan fingerprint density at radius 3 is 2.44 bits per heavy atom. The maximum absolute atomic E-state index is 6.11. The van der Waals surface area contributed by atoms with Crippen LogP contribution in [0, 0.1) is 0 Å². The van der Waals surface area contributed by atoms with Crippen molar-refractivity contribution in [3.63, 3.8) is 0 Å². The van der Waals surface area contributed by atoms with Crippen LogP contribution in [0.5, 0.6) is 0 Å². The van der Waals surface area contributed by atoms with Crippen LogP contribution < -0.4 is 16.8 Å². The lowest BCUT2D eigenvalue weighted by Gasteiger charge is -2.10. The van der Waals surface area contributed by atoms with E-state index in [4.69, 9.17) is 34.7 Å². The minimum Gasteiger partial charge on any atom is -0.396 e. The van der Waals surface area contributed by atoms with Crippen LogP contribution in [0.25, 0.3) is 0 Å². The van der Waals surface area contributed by atoms with E-state index in [0.717, 1.165) is 4.47 Å². The van der Waals surface area contributed by atoms with Gasteiger partial charge in [0.25, 0.3) is 0 Å². The predicted molar refractivity (Wildman–Crippen MR) is 80.5 cm³/mol. The van der Waals surface area contributed by atoms with Crippen LogP contribution in [0.2, 0.25) is 10.0 Å². The number of aromatic nitrogens is 1. The largest absolute Gasteiger partial charge is 0.396 e. The summed E-state index contributed by atoms with van der Waals surface area (Å²) in [6.07, 6.45) is 0. The molecule has 94 valence electrons. The van der Waals surface area contributed by atoms with E-state index in [0.29, 0.717) is 27.2 Å². The fraction of sp³-hybridized carbons (Fsp3) is 0. The van der Waals surface area contributed by atoms with Gasteiger partial charge in [0.1, 0.15) is 11.6 Å². The van der Waals surface area contributed by atoms with Crippen LogP contribution in [0.15, 0.2) is 28.7 Å². The van der Waals surface area contributed by atoms with Crippen LogP contribution in [0.1, 0.15) is 0 Å². The summed E-state index contributed by atoms with van der Waals surface area (Å²) in [5.74, 6) is 0.807. The molecule has 0 amide bonds. The maximum Gasteiger partial charge on any atom is 0.149 e. The van der Waals surface area contributed by atoms with Gasteiger partial charge in [-0.15, -0.1) is 0 Å². The molecule has 7 heteroatoms. The summed E-state index contributed by atoms with van der Waals surface area (Å²) in [4.78, 5) is 4.09. The topological polar surface area (TPSA) is 77.0 Å². The minimum absolute atomic E-state index is 0.263. The van der Waals surface area contributed by atoms with Crippen molar-refractivity contribution >= 4 is 62.1 Å². The summed E-state index contributed by atoms with van der Waals surface area (Å²) >= 11 is 15.4. The number of hydrogen-bond acceptors (Lipinski definition) is 4. The average Bonchev–Trinajstić information content (AvgIpc) is 2.34. The molecular formula is C11H9BrCl2N4. The van der Waals surface area contributed by atoms with Gasteiger partial charge in [0.2, 0.25) is 0 Å². The zero-order chi connectivity index (χ0) is 13.3. The zero-order valence-corrected chi connectivity index (χ0v) is 12.1. The van der Waals surface area contributed by atoms with E-state index in [1.165, 1.54) is 0 Å². The van der Waals surface area contributed by atoms with E-state index in [2.05, 4.69) is 26.2 Å². The second-order valence-corrected chi connectivity index (χ2v) is 5.13. The molecule has 0 aliphatic heterocycles. The number of pyridine rings is 1. The lowest BCUT2D eigenvalue weighted by atomic mass is 10.3. The van der Waals surface area contributed by atoms with E-state index in [-0.39, 0.29) is 5.82 Å². The lowest BCUT2D eigenvalue weighted by Crippen LogP contribution is -2.01. The van der Waals surface area contributed by atoms with Crippen LogP contribution in [0.4, 0.5) is 23.0 Å². The maximum atomic E-state index is 6.11. The fourth-order valence-electron chi connectivity index (χ4n) is 1.32. The molecule has 0 unspecified atom stereocenters. The standard InChI is InChI=1S/C11H9BrCl2N4/c12-5-1-3-7(10(14)9(5)13)17-8-4-2-6(15)11(16)18-8/h1-4H,15H2,(H3,16,17,18). The molecule has 0 aliphatic carbocycles. The van der Waals surface area contributed by atoms with E-state index in [9.17, 15) is 0 Å². The molecule has 0 radical (unpaired) electrons. The normalized spacial score (nSPS) is 10.4. The molecule has 0 spiro atoms. The van der Waals surface area contributed by atoms with Crippen LogP contribution in [-0.2, 0) is 0 Å². The van der Waals surface area contributed by atoms with Gasteiger partial charge in [0.15, 0.2) is 0 Å². The summed E-state index contributed by atoms with van der Waals surface area (Å²) in [5.41, 5.74) is 12.3. The molecule has 0 aliphatic rings. The molecule has 0 atom stereocenters. The van der Waals surface area contributed by atoms with Gasteiger partial charge >= 0.3 is 0 Å². The first kappa shape index (κ1) is 13.3. The molecular weight excluding hydrogens is 339 g/mol. The third kappa shape index (κ3) is 2.63. The van der Waals surface area contributed by atoms with Gasteiger partial charge in [-0.1, -0.05) is 23.2 Å². The molecule has 0 saturated heterocycles. The first-order valence-electron chi connectivity index (χ1n) is 4.91. The number of halogens is 3. The first-order chi connectivity index (χ1) is 8.49. The Bertz CT molecular complexity index is 604. The Balaban J connectivity index is 2.34. The number of nitrogens with one attached hydrogen (secondary N) is 1. The third-order valence-corrected chi connectivity index (χ3v) is 4.03. The van der Waals surface area contributed by atoms with Crippen molar-refractivity contribution in [2.24, 2.45) is 0 Å². The summed E-state index contributed by atoms with van der Waals surface area (Å²) < 4.78 is 0.726. The van der Waals surface area contributed by atoms with Gasteiger partial charge in [0, 0.05) is 4.47 Å². The number of nitrogen functional groups attached to an aromatic ring is 2. The monoisotopic (exact) mass is 346 g/mol. The van der Waals surface area contributed by atoms with Gasteiger partial charge < -0.3 is 16.8 Å². The Morgan fingerprint density at radius 1 is 1.06 bits per heavy atom. The smallest absolute Gasteiger partial charge is 0.149 e. The summed E-state index contributed by atoms with van der Waals surface area (Å²) in [6.45, 7) is 0. The fourth-order valence-corrected chi connectivity index (χ4v) is 2.14. The SMILES string of the molecule is Nc1ccc(Nc2ccc(Br)c(Cl)c2Cl)nc1N. The second kappa shape index (κ2) is 5.22. The first-order valence-corrected chi connectivity index (χ1v) is 6.46. The molecule has 0 fully saturated rings. The van der Waals surface area contributed by atoms with Crippen molar-refractivity contribution in [2.45, 2.75) is 0 Å². The van der Waals surface area contributed by atoms with E-state index >= 15 is 0 Å². The molecule has 4 nitrogen and oxygen atoms in total. The van der Waals surface area contributed by atoms with E-state index < -0.39 is 0 Å². The van der Waals surface area contributed by atoms with Gasteiger partial charge in [-0.05, 0) is 40.2 Å². The van der Waals surface area contributed by atoms with E-state index in [1.54, 1.807) is 24.3 Å². The molecule has 2 rings (SSSR count). The van der Waals surface area contributed by atoms with Gasteiger partial charge in [-0.3, -0.25) is 0 Å². The van der Waals surface area contributed by atoms with Gasteiger partial charge in [-0.2, -0.15) is 0 Å². The Kier molecular flexibility index (Phi) is 3.85. The number of anilines is 4. The molecule has 5 N–H and O–H groups in total. The predicted octanol–water partition coefficient (Wildman–Crippen LogP) is 4.06. The van der Waals surface area contributed by atoms with Gasteiger partial charge in [0.05, 0.1) is 21.4 Å². The zero-order valence-electron chi connectivity index (χ0n) is 9.05. The second-order valence-electron chi connectivity index (χ2n) is 3.52. The van der Waals surface area contributed by atoms with Crippen molar-refractivity contribution in [2.75, 3.05) is 16.8 Å². The van der Waals surface area contributed by atoms with Crippen LogP contribution >= 0.6 is 39.1 Å². The molecule has 2 aromatic rings. The minimum atomic E-state index is 0.263. The quantitative estimate of drug-likeness (QED) is 0.716. The van der Waals surface area contributed by atoms with Gasteiger partial charge in [-0.25, -0.2) is 4.98 Å². The molecule has 1 aromatic carbocycles. The highest BCUT2D eigenvalue weighted by Crippen LogP contribution is 2.37. The van der Waals surface area contributed by atoms with Crippen LogP contribution in [0.3, 0.4) is 0 Å². The summed E-state index contributed by atoms with van der Waals surface area (Å²) in [6, 6.07) is 6.95. The third-order valence-electron chi connectivity index (χ3n) is 2.26. The average molecular weight is 348 g/mol. The number of nitrogens with zero attached hydrogens (tertiary/aromatic N) is 1. The summed E-state index contributed by atoms with van der Waals surface area (Å²) in [5, 5.41) is 3.87.